The predicted molar refractivity (Wildman–Crippen MR) is 77.3 cm³/mol. The standard InChI is InChI=1S/C16H19NO/c1-4-18-16-10-7-14(11-12(16)2)13-5-8-15(17-3)9-6-13/h5-11,17H,4H2,1-3H3. The van der Waals surface area contributed by atoms with E-state index in [0.717, 1.165) is 11.4 Å². The summed E-state index contributed by atoms with van der Waals surface area (Å²) in [6.07, 6.45) is 0. The molecule has 0 aromatic heterocycles. The van der Waals surface area contributed by atoms with Crippen molar-refractivity contribution in [3.05, 3.63) is 48.0 Å². The topological polar surface area (TPSA) is 21.3 Å². The lowest BCUT2D eigenvalue weighted by atomic mass is 10.0. The molecular formula is C16H19NO. The van der Waals surface area contributed by atoms with Gasteiger partial charge in [-0.25, -0.2) is 0 Å². The van der Waals surface area contributed by atoms with Crippen molar-refractivity contribution < 1.29 is 4.74 Å². The van der Waals surface area contributed by atoms with Crippen LogP contribution in [0.3, 0.4) is 0 Å². The highest BCUT2D eigenvalue weighted by molar-refractivity contribution is 5.67. The van der Waals surface area contributed by atoms with Gasteiger partial charge in [0.05, 0.1) is 6.61 Å². The SMILES string of the molecule is CCOc1ccc(-c2ccc(NC)cc2)cc1C. The summed E-state index contributed by atoms with van der Waals surface area (Å²) >= 11 is 0. The molecule has 1 N–H and O–H groups in total. The van der Waals surface area contributed by atoms with Crippen molar-refractivity contribution in [3.63, 3.8) is 0 Å². The zero-order chi connectivity index (χ0) is 13.0. The summed E-state index contributed by atoms with van der Waals surface area (Å²) in [7, 11) is 1.93. The maximum atomic E-state index is 5.55. The Balaban J connectivity index is 2.30. The molecule has 0 amide bonds. The number of aryl methyl sites for hydroxylation is 1. The smallest absolute Gasteiger partial charge is 0.122 e. The average molecular weight is 241 g/mol. The van der Waals surface area contributed by atoms with Crippen LogP contribution < -0.4 is 10.1 Å². The normalized spacial score (nSPS) is 10.2. The Morgan fingerprint density at radius 2 is 1.67 bits per heavy atom. The zero-order valence-electron chi connectivity index (χ0n) is 11.2. The summed E-state index contributed by atoms with van der Waals surface area (Å²) in [5.41, 5.74) is 4.74. The average Bonchev–Trinajstić information content (AvgIpc) is 2.41. The third-order valence-electron chi connectivity index (χ3n) is 2.98. The van der Waals surface area contributed by atoms with E-state index in [0.29, 0.717) is 6.61 Å². The summed E-state index contributed by atoms with van der Waals surface area (Å²) in [6.45, 7) is 4.79. The Bertz CT molecular complexity index is 517. The molecule has 94 valence electrons. The van der Waals surface area contributed by atoms with E-state index in [1.807, 2.05) is 20.0 Å². The molecule has 0 spiro atoms. The molecule has 2 heteroatoms. The number of nitrogens with one attached hydrogen (secondary N) is 1. The highest BCUT2D eigenvalue weighted by Crippen LogP contribution is 2.27. The molecule has 0 saturated carbocycles. The molecule has 2 rings (SSSR count). The van der Waals surface area contributed by atoms with Crippen molar-refractivity contribution in [3.8, 4) is 16.9 Å². The van der Waals surface area contributed by atoms with Crippen LogP contribution in [0.2, 0.25) is 0 Å². The molecule has 0 aliphatic rings. The van der Waals surface area contributed by atoms with Crippen LogP contribution in [0, 0.1) is 6.92 Å². The van der Waals surface area contributed by atoms with Gasteiger partial charge in [-0.1, -0.05) is 18.2 Å². The van der Waals surface area contributed by atoms with Crippen LogP contribution in [0.25, 0.3) is 11.1 Å². The van der Waals surface area contributed by atoms with Gasteiger partial charge in [0.15, 0.2) is 0 Å². The van der Waals surface area contributed by atoms with E-state index in [-0.39, 0.29) is 0 Å². The lowest BCUT2D eigenvalue weighted by Crippen LogP contribution is -1.94. The van der Waals surface area contributed by atoms with Gasteiger partial charge >= 0.3 is 0 Å². The zero-order valence-corrected chi connectivity index (χ0v) is 11.2. The van der Waals surface area contributed by atoms with Crippen LogP contribution in [0.4, 0.5) is 5.69 Å². The minimum Gasteiger partial charge on any atom is -0.494 e. The molecule has 0 heterocycles. The maximum Gasteiger partial charge on any atom is 0.122 e. The van der Waals surface area contributed by atoms with E-state index in [4.69, 9.17) is 4.74 Å². The first-order valence-electron chi connectivity index (χ1n) is 6.26. The van der Waals surface area contributed by atoms with E-state index < -0.39 is 0 Å². The van der Waals surface area contributed by atoms with E-state index in [1.54, 1.807) is 0 Å². The second kappa shape index (κ2) is 5.58. The van der Waals surface area contributed by atoms with Gasteiger partial charge in [0.25, 0.3) is 0 Å². The minimum absolute atomic E-state index is 0.705. The highest BCUT2D eigenvalue weighted by Gasteiger charge is 2.02. The lowest BCUT2D eigenvalue weighted by Gasteiger charge is -2.09. The van der Waals surface area contributed by atoms with Crippen LogP contribution in [0.5, 0.6) is 5.75 Å². The number of ether oxygens (including phenoxy) is 1. The number of anilines is 1. The summed E-state index contributed by atoms with van der Waals surface area (Å²) < 4.78 is 5.55. The van der Waals surface area contributed by atoms with Gasteiger partial charge in [-0.15, -0.1) is 0 Å². The van der Waals surface area contributed by atoms with E-state index in [2.05, 4.69) is 48.6 Å². The number of hydrogen-bond donors (Lipinski definition) is 1. The third kappa shape index (κ3) is 2.65. The Hall–Kier alpha value is -1.96. The second-order valence-corrected chi connectivity index (χ2v) is 4.24. The van der Waals surface area contributed by atoms with Gasteiger partial charge in [-0.2, -0.15) is 0 Å². The number of rotatable bonds is 4. The summed E-state index contributed by atoms with van der Waals surface area (Å²) in [5, 5.41) is 3.12. The second-order valence-electron chi connectivity index (χ2n) is 4.24. The fourth-order valence-corrected chi connectivity index (χ4v) is 1.98. The highest BCUT2D eigenvalue weighted by atomic mass is 16.5. The quantitative estimate of drug-likeness (QED) is 0.870. The van der Waals surface area contributed by atoms with Crippen LogP contribution in [-0.4, -0.2) is 13.7 Å². The van der Waals surface area contributed by atoms with Gasteiger partial charge in [-0.3, -0.25) is 0 Å². The van der Waals surface area contributed by atoms with Gasteiger partial charge in [-0.05, 0) is 54.8 Å². The molecule has 0 unspecified atom stereocenters. The van der Waals surface area contributed by atoms with Gasteiger partial charge in [0, 0.05) is 12.7 Å². The lowest BCUT2D eigenvalue weighted by molar-refractivity contribution is 0.338. The monoisotopic (exact) mass is 241 g/mol. The first-order chi connectivity index (χ1) is 8.74. The molecular weight excluding hydrogens is 222 g/mol. The number of benzene rings is 2. The van der Waals surface area contributed by atoms with E-state index in [1.165, 1.54) is 16.7 Å². The Labute approximate surface area is 109 Å². The van der Waals surface area contributed by atoms with Crippen molar-refractivity contribution in [1.82, 2.24) is 0 Å². The van der Waals surface area contributed by atoms with Gasteiger partial charge in [0.2, 0.25) is 0 Å². The van der Waals surface area contributed by atoms with Crippen molar-refractivity contribution >= 4 is 5.69 Å². The fourth-order valence-electron chi connectivity index (χ4n) is 1.98. The van der Waals surface area contributed by atoms with Crippen LogP contribution in [0.1, 0.15) is 12.5 Å². The predicted octanol–water partition coefficient (Wildman–Crippen LogP) is 4.10. The molecule has 0 fully saturated rings. The molecule has 18 heavy (non-hydrogen) atoms. The minimum atomic E-state index is 0.705. The Kier molecular flexibility index (Phi) is 3.88. The molecule has 0 aliphatic heterocycles. The van der Waals surface area contributed by atoms with Crippen LogP contribution in [0.15, 0.2) is 42.5 Å². The molecule has 2 aromatic carbocycles. The van der Waals surface area contributed by atoms with E-state index in [9.17, 15) is 0 Å². The third-order valence-corrected chi connectivity index (χ3v) is 2.98. The molecule has 0 atom stereocenters. The van der Waals surface area contributed by atoms with Gasteiger partial charge < -0.3 is 10.1 Å². The maximum absolute atomic E-state index is 5.55. The summed E-state index contributed by atoms with van der Waals surface area (Å²) in [4.78, 5) is 0. The molecule has 2 aromatic rings. The van der Waals surface area contributed by atoms with Crippen LogP contribution in [-0.2, 0) is 0 Å². The van der Waals surface area contributed by atoms with E-state index >= 15 is 0 Å². The molecule has 0 saturated heterocycles. The Morgan fingerprint density at radius 1 is 1.00 bits per heavy atom. The van der Waals surface area contributed by atoms with Crippen molar-refractivity contribution in [2.75, 3.05) is 19.0 Å². The Morgan fingerprint density at radius 3 is 2.22 bits per heavy atom. The van der Waals surface area contributed by atoms with Crippen molar-refractivity contribution in [2.24, 2.45) is 0 Å². The molecule has 0 bridgehead atoms. The summed E-state index contributed by atoms with van der Waals surface area (Å²) in [6, 6.07) is 14.7. The largest absolute Gasteiger partial charge is 0.494 e. The molecule has 0 radical (unpaired) electrons. The molecule has 0 aliphatic carbocycles. The first-order valence-corrected chi connectivity index (χ1v) is 6.26. The number of hydrogen-bond acceptors (Lipinski definition) is 2. The fraction of sp³-hybridized carbons (Fsp3) is 0.250. The van der Waals surface area contributed by atoms with Gasteiger partial charge in [0.1, 0.15) is 5.75 Å². The van der Waals surface area contributed by atoms with Crippen LogP contribution >= 0.6 is 0 Å². The van der Waals surface area contributed by atoms with Crippen molar-refractivity contribution in [1.29, 1.82) is 0 Å². The summed E-state index contributed by atoms with van der Waals surface area (Å²) in [5.74, 6) is 0.966. The molecule has 2 nitrogen and oxygen atoms in total. The van der Waals surface area contributed by atoms with Crippen molar-refractivity contribution in [2.45, 2.75) is 13.8 Å². The first kappa shape index (κ1) is 12.5.